The molecule has 0 saturated heterocycles. The lowest BCUT2D eigenvalue weighted by Crippen LogP contribution is -2.25. The summed E-state index contributed by atoms with van der Waals surface area (Å²) in [7, 11) is 0. The molecule has 2 heterocycles. The summed E-state index contributed by atoms with van der Waals surface area (Å²) in [5, 5.41) is 16.0. The topological polar surface area (TPSA) is 98.8 Å². The van der Waals surface area contributed by atoms with Gasteiger partial charge in [0.2, 0.25) is 5.95 Å². The summed E-state index contributed by atoms with van der Waals surface area (Å²) in [6, 6.07) is 0. The van der Waals surface area contributed by atoms with Gasteiger partial charge in [0.25, 0.3) is 0 Å². The first-order valence-corrected chi connectivity index (χ1v) is 6.48. The Morgan fingerprint density at radius 1 is 1.32 bits per heavy atom. The summed E-state index contributed by atoms with van der Waals surface area (Å²) in [6.07, 6.45) is 1.16. The Hall–Kier alpha value is -1.89. The number of aromatic amines is 1. The Morgan fingerprint density at radius 2 is 2.11 bits per heavy atom. The van der Waals surface area contributed by atoms with Crippen molar-refractivity contribution >= 4 is 22.9 Å². The van der Waals surface area contributed by atoms with Gasteiger partial charge in [0.1, 0.15) is 5.52 Å². The van der Waals surface area contributed by atoms with Crippen molar-refractivity contribution in [3.63, 3.8) is 0 Å². The van der Waals surface area contributed by atoms with Crippen LogP contribution in [0, 0.1) is 5.92 Å². The molecule has 0 fully saturated rings. The van der Waals surface area contributed by atoms with Gasteiger partial charge in [-0.3, -0.25) is 0 Å². The van der Waals surface area contributed by atoms with Crippen LogP contribution in [0.1, 0.15) is 20.8 Å². The van der Waals surface area contributed by atoms with Crippen molar-refractivity contribution in [2.45, 2.75) is 26.9 Å². The van der Waals surface area contributed by atoms with Gasteiger partial charge < -0.3 is 20.7 Å². The quantitative estimate of drug-likeness (QED) is 0.626. The zero-order chi connectivity index (χ0) is 13.8. The van der Waals surface area contributed by atoms with E-state index in [1.165, 1.54) is 0 Å². The SMILES string of the molecule is CCNc1nc(NCC(O)C(C)C)c2[nH]cnc2n1. The zero-order valence-corrected chi connectivity index (χ0v) is 11.4. The van der Waals surface area contributed by atoms with Crippen molar-refractivity contribution in [1.29, 1.82) is 0 Å². The molecule has 0 aromatic carbocycles. The first kappa shape index (κ1) is 13.5. The average molecular weight is 264 g/mol. The van der Waals surface area contributed by atoms with Crippen LogP contribution in [0.3, 0.4) is 0 Å². The van der Waals surface area contributed by atoms with Crippen molar-refractivity contribution < 1.29 is 5.11 Å². The second kappa shape index (κ2) is 5.83. The molecule has 4 N–H and O–H groups in total. The minimum Gasteiger partial charge on any atom is -0.391 e. The van der Waals surface area contributed by atoms with E-state index in [9.17, 15) is 5.11 Å². The minimum absolute atomic E-state index is 0.194. The molecule has 1 atom stereocenters. The molecule has 0 saturated carbocycles. The minimum atomic E-state index is -0.421. The molecule has 19 heavy (non-hydrogen) atoms. The van der Waals surface area contributed by atoms with E-state index in [4.69, 9.17) is 0 Å². The number of H-pyrrole nitrogens is 1. The smallest absolute Gasteiger partial charge is 0.226 e. The first-order valence-electron chi connectivity index (χ1n) is 6.48. The molecule has 2 aromatic rings. The van der Waals surface area contributed by atoms with E-state index in [1.54, 1.807) is 6.33 Å². The highest BCUT2D eigenvalue weighted by molar-refractivity contribution is 5.83. The van der Waals surface area contributed by atoms with Gasteiger partial charge in [0, 0.05) is 13.1 Å². The number of aliphatic hydroxyl groups excluding tert-OH is 1. The molecule has 0 amide bonds. The van der Waals surface area contributed by atoms with Crippen LogP contribution in [0.4, 0.5) is 11.8 Å². The number of nitrogens with one attached hydrogen (secondary N) is 3. The number of imidazole rings is 1. The second-order valence-corrected chi connectivity index (χ2v) is 4.72. The van der Waals surface area contributed by atoms with E-state index < -0.39 is 6.10 Å². The lowest BCUT2D eigenvalue weighted by atomic mass is 10.1. The van der Waals surface area contributed by atoms with Gasteiger partial charge >= 0.3 is 0 Å². The Kier molecular flexibility index (Phi) is 4.16. The highest BCUT2D eigenvalue weighted by Crippen LogP contribution is 2.18. The van der Waals surface area contributed by atoms with E-state index in [1.807, 2.05) is 20.8 Å². The fourth-order valence-corrected chi connectivity index (χ4v) is 1.64. The lowest BCUT2D eigenvalue weighted by molar-refractivity contribution is 0.138. The Balaban J connectivity index is 2.22. The number of aliphatic hydroxyl groups is 1. The highest BCUT2D eigenvalue weighted by Gasteiger charge is 2.13. The largest absolute Gasteiger partial charge is 0.391 e. The highest BCUT2D eigenvalue weighted by atomic mass is 16.3. The van der Waals surface area contributed by atoms with E-state index >= 15 is 0 Å². The number of fused-ring (bicyclic) bond motifs is 1. The van der Waals surface area contributed by atoms with Crippen LogP contribution in [0.15, 0.2) is 6.33 Å². The Morgan fingerprint density at radius 3 is 2.79 bits per heavy atom. The van der Waals surface area contributed by atoms with Gasteiger partial charge in [-0.15, -0.1) is 0 Å². The molecule has 0 aliphatic heterocycles. The maximum Gasteiger partial charge on any atom is 0.226 e. The van der Waals surface area contributed by atoms with Crippen LogP contribution >= 0.6 is 0 Å². The van der Waals surface area contributed by atoms with Crippen LogP contribution in [0.5, 0.6) is 0 Å². The van der Waals surface area contributed by atoms with Gasteiger partial charge in [0.05, 0.1) is 12.4 Å². The van der Waals surface area contributed by atoms with E-state index in [2.05, 4.69) is 30.6 Å². The van der Waals surface area contributed by atoms with Crippen LogP contribution in [-0.4, -0.2) is 44.2 Å². The molecule has 0 spiro atoms. The predicted octanol–water partition coefficient (Wildman–Crippen LogP) is 1.21. The van der Waals surface area contributed by atoms with Gasteiger partial charge in [-0.05, 0) is 12.8 Å². The molecule has 0 bridgehead atoms. The molecular formula is C12H20N6O. The van der Waals surface area contributed by atoms with Gasteiger partial charge in [-0.25, -0.2) is 4.98 Å². The van der Waals surface area contributed by atoms with Crippen LogP contribution in [0.2, 0.25) is 0 Å². The maximum atomic E-state index is 9.84. The lowest BCUT2D eigenvalue weighted by Gasteiger charge is -2.16. The summed E-state index contributed by atoms with van der Waals surface area (Å²) in [5.41, 5.74) is 1.35. The molecule has 104 valence electrons. The molecule has 2 rings (SSSR count). The summed E-state index contributed by atoms with van der Waals surface area (Å²) in [6.45, 7) is 7.11. The third kappa shape index (κ3) is 3.11. The fourth-order valence-electron chi connectivity index (χ4n) is 1.64. The first-order chi connectivity index (χ1) is 9.11. The molecule has 1 unspecified atom stereocenters. The monoisotopic (exact) mass is 264 g/mol. The van der Waals surface area contributed by atoms with E-state index in [-0.39, 0.29) is 5.92 Å². The third-order valence-electron chi connectivity index (χ3n) is 2.87. The molecule has 7 nitrogen and oxygen atoms in total. The number of anilines is 2. The van der Waals surface area contributed by atoms with Crippen LogP contribution in [-0.2, 0) is 0 Å². The van der Waals surface area contributed by atoms with Crippen LogP contribution < -0.4 is 10.6 Å². The van der Waals surface area contributed by atoms with Gasteiger partial charge in [-0.2, -0.15) is 9.97 Å². The maximum absolute atomic E-state index is 9.84. The number of rotatable bonds is 6. The van der Waals surface area contributed by atoms with Crippen molar-refractivity contribution in [3.8, 4) is 0 Å². The normalized spacial score (nSPS) is 12.9. The average Bonchev–Trinajstić information content (AvgIpc) is 2.84. The van der Waals surface area contributed by atoms with Gasteiger partial charge in [-0.1, -0.05) is 13.8 Å². The summed E-state index contributed by atoms with van der Waals surface area (Å²) >= 11 is 0. The van der Waals surface area contributed by atoms with Gasteiger partial charge in [0.15, 0.2) is 11.5 Å². The summed E-state index contributed by atoms with van der Waals surface area (Å²) in [5.74, 6) is 1.38. The number of hydrogen-bond acceptors (Lipinski definition) is 6. The van der Waals surface area contributed by atoms with Crippen molar-refractivity contribution in [2.24, 2.45) is 5.92 Å². The van der Waals surface area contributed by atoms with E-state index in [0.29, 0.717) is 24.0 Å². The standard InChI is InChI=1S/C12H20N6O/c1-4-13-12-17-10(14-5-8(19)7(2)3)9-11(18-12)16-6-15-9/h6-8,19H,4-5H2,1-3H3,(H3,13,14,15,16,17,18). The molecule has 7 heteroatoms. The second-order valence-electron chi connectivity index (χ2n) is 4.72. The van der Waals surface area contributed by atoms with Crippen molar-refractivity contribution in [1.82, 2.24) is 19.9 Å². The molecule has 0 radical (unpaired) electrons. The zero-order valence-electron chi connectivity index (χ0n) is 11.4. The number of aromatic nitrogens is 4. The van der Waals surface area contributed by atoms with Crippen LogP contribution in [0.25, 0.3) is 11.2 Å². The Labute approximate surface area is 111 Å². The fraction of sp³-hybridized carbons (Fsp3) is 0.583. The van der Waals surface area contributed by atoms with Crippen molar-refractivity contribution in [2.75, 3.05) is 23.7 Å². The van der Waals surface area contributed by atoms with E-state index in [0.717, 1.165) is 12.1 Å². The molecule has 0 aliphatic carbocycles. The number of hydrogen-bond donors (Lipinski definition) is 4. The Bertz CT molecular complexity index is 538. The molecule has 0 aliphatic rings. The third-order valence-corrected chi connectivity index (χ3v) is 2.87. The van der Waals surface area contributed by atoms with Crippen molar-refractivity contribution in [3.05, 3.63) is 6.33 Å². The predicted molar refractivity (Wildman–Crippen MR) is 75.2 cm³/mol. The number of nitrogens with zero attached hydrogens (tertiary/aromatic N) is 3. The summed E-state index contributed by atoms with van der Waals surface area (Å²) < 4.78 is 0. The molecule has 2 aromatic heterocycles. The summed E-state index contributed by atoms with van der Waals surface area (Å²) in [4.78, 5) is 15.8. The molecular weight excluding hydrogens is 244 g/mol.